The molecular weight excluding hydrogens is 430 g/mol. The van der Waals surface area contributed by atoms with E-state index in [-0.39, 0.29) is 17.4 Å². The van der Waals surface area contributed by atoms with Crippen molar-refractivity contribution in [2.75, 3.05) is 19.6 Å². The molecule has 33 heavy (non-hydrogen) atoms. The first kappa shape index (κ1) is 21.8. The highest BCUT2D eigenvalue weighted by atomic mass is 32.1. The molecule has 1 aromatic carbocycles. The summed E-state index contributed by atoms with van der Waals surface area (Å²) in [7, 11) is 0. The average Bonchev–Trinajstić information content (AvgIpc) is 2.84. The highest BCUT2D eigenvalue weighted by Gasteiger charge is 2.38. The van der Waals surface area contributed by atoms with Crippen molar-refractivity contribution in [3.8, 4) is 0 Å². The summed E-state index contributed by atoms with van der Waals surface area (Å²) in [5.74, 6) is -0.611. The number of amides is 2. The van der Waals surface area contributed by atoms with Gasteiger partial charge in [-0.2, -0.15) is 0 Å². The predicted octanol–water partition coefficient (Wildman–Crippen LogP) is 4.58. The molecule has 3 aliphatic heterocycles. The summed E-state index contributed by atoms with van der Waals surface area (Å²) < 4.78 is 0. The van der Waals surface area contributed by atoms with Crippen LogP contribution in [0, 0.1) is 0 Å². The van der Waals surface area contributed by atoms with Crippen molar-refractivity contribution >= 4 is 34.8 Å². The summed E-state index contributed by atoms with van der Waals surface area (Å²) in [5.41, 5.74) is 7.94. The van der Waals surface area contributed by atoms with Crippen molar-refractivity contribution < 1.29 is 9.59 Å². The Bertz CT molecular complexity index is 1150. The van der Waals surface area contributed by atoms with Gasteiger partial charge < -0.3 is 4.90 Å². The van der Waals surface area contributed by atoms with Gasteiger partial charge in [0.1, 0.15) is 5.57 Å². The quantitative estimate of drug-likeness (QED) is 0.377. The van der Waals surface area contributed by atoms with Crippen molar-refractivity contribution in [1.82, 2.24) is 14.7 Å². The summed E-state index contributed by atoms with van der Waals surface area (Å²) in [4.78, 5) is 31.6. The number of likely N-dealkylation sites (N-methyl/N-ethyl adjacent to an activating group) is 2. The van der Waals surface area contributed by atoms with E-state index in [4.69, 9.17) is 12.2 Å². The maximum Gasteiger partial charge on any atom is 0.265 e. The lowest BCUT2D eigenvalue weighted by atomic mass is 9.83. The molecular formula is C27H29N3O2S. The lowest BCUT2D eigenvalue weighted by molar-refractivity contribution is -0.133. The van der Waals surface area contributed by atoms with Gasteiger partial charge in [-0.15, -0.1) is 0 Å². The molecule has 2 amide bonds. The molecule has 0 saturated carbocycles. The number of benzene rings is 1. The first-order valence-corrected chi connectivity index (χ1v) is 12.4. The molecule has 0 N–H and O–H groups in total. The van der Waals surface area contributed by atoms with E-state index in [2.05, 4.69) is 35.2 Å². The highest BCUT2D eigenvalue weighted by Crippen LogP contribution is 2.44. The van der Waals surface area contributed by atoms with Crippen LogP contribution in [0.5, 0.6) is 0 Å². The van der Waals surface area contributed by atoms with Gasteiger partial charge in [0, 0.05) is 36.6 Å². The summed E-state index contributed by atoms with van der Waals surface area (Å²) in [6.45, 7) is 5.65. The summed E-state index contributed by atoms with van der Waals surface area (Å²) >= 11 is 5.39. The molecule has 0 bridgehead atoms. The number of fused-ring (bicyclic) bond motifs is 4. The minimum atomic E-state index is -0.306. The van der Waals surface area contributed by atoms with Gasteiger partial charge >= 0.3 is 0 Å². The lowest BCUT2D eigenvalue weighted by Crippen LogP contribution is -2.55. The number of hydrogen-bond donors (Lipinski definition) is 0. The largest absolute Gasteiger partial charge is 0.344 e. The first-order valence-electron chi connectivity index (χ1n) is 11.9. The summed E-state index contributed by atoms with van der Waals surface area (Å²) in [6.07, 6.45) is 11.5. The maximum absolute atomic E-state index is 13.0. The van der Waals surface area contributed by atoms with Gasteiger partial charge in [-0.05, 0) is 87.0 Å². The van der Waals surface area contributed by atoms with Crippen LogP contribution in [0.4, 0.5) is 0 Å². The minimum absolute atomic E-state index is 0.183. The maximum atomic E-state index is 13.0. The molecule has 1 saturated heterocycles. The molecule has 0 spiro atoms. The Hall–Kier alpha value is -2.99. The number of hydrogen-bond acceptors (Lipinski definition) is 4. The summed E-state index contributed by atoms with van der Waals surface area (Å²) in [5, 5.41) is 0.298. The molecule has 6 heteroatoms. The molecule has 0 unspecified atom stereocenters. The van der Waals surface area contributed by atoms with Crippen molar-refractivity contribution in [2.24, 2.45) is 0 Å². The fourth-order valence-corrected chi connectivity index (χ4v) is 5.80. The predicted molar refractivity (Wildman–Crippen MR) is 134 cm³/mol. The molecule has 5 nitrogen and oxygen atoms in total. The third-order valence-electron chi connectivity index (χ3n) is 7.07. The monoisotopic (exact) mass is 459 g/mol. The number of allylic oxidation sites excluding steroid dienone is 6. The van der Waals surface area contributed by atoms with E-state index in [9.17, 15) is 9.59 Å². The van der Waals surface area contributed by atoms with E-state index in [0.717, 1.165) is 31.4 Å². The van der Waals surface area contributed by atoms with E-state index in [1.165, 1.54) is 50.7 Å². The zero-order valence-corrected chi connectivity index (χ0v) is 20.1. The summed E-state index contributed by atoms with van der Waals surface area (Å²) in [6, 6.07) is 8.62. The number of carbonyl (C=O) groups excluding carboxylic acids is 2. The van der Waals surface area contributed by atoms with Gasteiger partial charge in [0.25, 0.3) is 11.8 Å². The highest BCUT2D eigenvalue weighted by molar-refractivity contribution is 7.80. The first-order chi connectivity index (χ1) is 16.0. The van der Waals surface area contributed by atoms with Crippen LogP contribution in [0.25, 0.3) is 5.70 Å². The van der Waals surface area contributed by atoms with Gasteiger partial charge in [0.05, 0.1) is 0 Å². The topological polar surface area (TPSA) is 43.9 Å². The number of thiocarbonyl (C=S) groups is 1. The van der Waals surface area contributed by atoms with Crippen molar-refractivity contribution in [3.05, 3.63) is 76.0 Å². The SMILES string of the molecule is CCN1C(=O)C(=C/C=C2\C=C3c4ccccc4CCN3C3=C2CCCC3)C(=O)N(CC)C1=S. The normalized spacial score (nSPS) is 21.8. The molecule has 0 atom stereocenters. The van der Waals surface area contributed by atoms with Gasteiger partial charge in [0.2, 0.25) is 0 Å². The van der Waals surface area contributed by atoms with Crippen LogP contribution < -0.4 is 0 Å². The van der Waals surface area contributed by atoms with Crippen molar-refractivity contribution in [2.45, 2.75) is 46.0 Å². The third kappa shape index (κ3) is 3.57. The average molecular weight is 460 g/mol. The number of carbonyl (C=O) groups is 2. The molecule has 1 aromatic rings. The molecule has 170 valence electrons. The zero-order valence-electron chi connectivity index (χ0n) is 19.3. The number of rotatable bonds is 3. The van der Waals surface area contributed by atoms with E-state index >= 15 is 0 Å². The Morgan fingerprint density at radius 1 is 0.939 bits per heavy atom. The van der Waals surface area contributed by atoms with E-state index in [1.807, 2.05) is 19.9 Å². The molecule has 4 aliphatic rings. The molecule has 1 fully saturated rings. The van der Waals surface area contributed by atoms with Crippen LogP contribution in [0.1, 0.15) is 50.7 Å². The van der Waals surface area contributed by atoms with E-state index in [0.29, 0.717) is 18.2 Å². The number of nitrogens with zero attached hydrogens (tertiary/aromatic N) is 3. The fraction of sp³-hybridized carbons (Fsp3) is 0.370. The smallest absolute Gasteiger partial charge is 0.265 e. The van der Waals surface area contributed by atoms with Gasteiger partial charge in [-0.1, -0.05) is 30.3 Å². The molecule has 5 rings (SSSR count). The Morgan fingerprint density at radius 2 is 1.64 bits per heavy atom. The Morgan fingerprint density at radius 3 is 2.36 bits per heavy atom. The van der Waals surface area contributed by atoms with Crippen LogP contribution in [0.15, 0.2) is 64.9 Å². The standard InChI is InChI=1S/C27H29N3O2S/c1-3-28-25(31)22(26(32)29(4-2)27(28)33)14-13-19-17-24-20-10-6-5-9-18(20)15-16-30(24)23-12-8-7-11-21(19)23/h5-6,9-10,13-14,17H,3-4,7-8,11-12,15-16H2,1-2H3/b19-13+. The molecule has 0 radical (unpaired) electrons. The van der Waals surface area contributed by atoms with Crippen LogP contribution in [0.3, 0.4) is 0 Å². The second-order valence-electron chi connectivity index (χ2n) is 8.80. The molecule has 1 aliphatic carbocycles. The zero-order chi connectivity index (χ0) is 23.1. The van der Waals surface area contributed by atoms with Gasteiger partial charge in [0.15, 0.2) is 5.11 Å². The molecule has 0 aromatic heterocycles. The van der Waals surface area contributed by atoms with Crippen LogP contribution in [-0.4, -0.2) is 51.3 Å². The van der Waals surface area contributed by atoms with Crippen LogP contribution >= 0.6 is 12.2 Å². The minimum Gasteiger partial charge on any atom is -0.344 e. The van der Waals surface area contributed by atoms with E-state index in [1.54, 1.807) is 6.08 Å². The van der Waals surface area contributed by atoms with Crippen molar-refractivity contribution in [3.63, 3.8) is 0 Å². The lowest BCUT2D eigenvalue weighted by Gasteiger charge is -2.41. The Kier molecular flexibility index (Phi) is 5.79. The Labute approximate surface area is 200 Å². The van der Waals surface area contributed by atoms with Crippen molar-refractivity contribution in [1.29, 1.82) is 0 Å². The Balaban J connectivity index is 1.60. The van der Waals surface area contributed by atoms with Crippen LogP contribution in [0.2, 0.25) is 0 Å². The van der Waals surface area contributed by atoms with Gasteiger partial charge in [-0.3, -0.25) is 19.4 Å². The molecule has 3 heterocycles. The fourth-order valence-electron chi connectivity index (χ4n) is 5.38. The second kappa shape index (κ2) is 8.75. The van der Waals surface area contributed by atoms with Gasteiger partial charge in [-0.25, -0.2) is 0 Å². The van der Waals surface area contributed by atoms with Crippen LogP contribution in [-0.2, 0) is 16.0 Å². The van der Waals surface area contributed by atoms with E-state index < -0.39 is 0 Å². The second-order valence-corrected chi connectivity index (χ2v) is 9.17. The third-order valence-corrected chi connectivity index (χ3v) is 7.51.